The minimum atomic E-state index is -3.76. The zero-order valence-corrected chi connectivity index (χ0v) is 14.8. The Balaban J connectivity index is 2.20. The largest absolute Gasteiger partial charge is 0.465 e. The molecule has 0 aromatic heterocycles. The average Bonchev–Trinajstić information content (AvgIpc) is 2.55. The van der Waals surface area contributed by atoms with E-state index in [-0.39, 0.29) is 16.3 Å². The molecule has 0 aliphatic rings. The van der Waals surface area contributed by atoms with Crippen LogP contribution in [0.25, 0.3) is 6.08 Å². The molecule has 0 aliphatic carbocycles. The molecule has 0 atom stereocenters. The van der Waals surface area contributed by atoms with Crippen molar-refractivity contribution in [1.82, 2.24) is 0 Å². The van der Waals surface area contributed by atoms with Gasteiger partial charge in [0.25, 0.3) is 10.0 Å². The van der Waals surface area contributed by atoms with E-state index in [0.29, 0.717) is 10.6 Å². The summed E-state index contributed by atoms with van der Waals surface area (Å²) in [5.74, 6) is -0.655. The first-order valence-electron chi connectivity index (χ1n) is 6.65. The summed E-state index contributed by atoms with van der Waals surface area (Å²) in [6.45, 7) is 0. The number of carbonyl (C=O) groups excluding carboxylic acids is 1. The summed E-state index contributed by atoms with van der Waals surface area (Å²) < 4.78 is 31.1. The van der Waals surface area contributed by atoms with Crippen molar-refractivity contribution in [2.75, 3.05) is 11.8 Å². The van der Waals surface area contributed by atoms with Gasteiger partial charge in [-0.25, -0.2) is 13.2 Å². The van der Waals surface area contributed by atoms with E-state index >= 15 is 0 Å². The Hall–Kier alpha value is -2.02. The molecule has 0 saturated heterocycles. The Labute approximate surface area is 149 Å². The van der Waals surface area contributed by atoms with E-state index in [2.05, 4.69) is 9.46 Å². The lowest BCUT2D eigenvalue weighted by atomic mass is 10.2. The van der Waals surface area contributed by atoms with E-state index in [0.717, 1.165) is 5.41 Å². The number of rotatable bonds is 5. The number of methoxy groups -OCH3 is 1. The molecule has 5 nitrogen and oxygen atoms in total. The summed E-state index contributed by atoms with van der Waals surface area (Å²) in [6.07, 6.45) is 1.43. The number of esters is 1. The molecule has 1 N–H and O–H groups in total. The van der Waals surface area contributed by atoms with Crippen LogP contribution in [0.15, 0.2) is 47.9 Å². The van der Waals surface area contributed by atoms with Crippen molar-refractivity contribution in [3.05, 3.63) is 69.0 Å². The number of benzene rings is 2. The number of carbonyl (C=O) groups is 1. The summed E-state index contributed by atoms with van der Waals surface area (Å²) in [5, 5.41) is 1.74. The molecule has 126 valence electrons. The Morgan fingerprint density at radius 2 is 1.79 bits per heavy atom. The molecule has 0 saturated carbocycles. The maximum absolute atomic E-state index is 12.1. The van der Waals surface area contributed by atoms with Gasteiger partial charge in [-0.05, 0) is 42.0 Å². The van der Waals surface area contributed by atoms with Crippen molar-refractivity contribution < 1.29 is 17.9 Å². The van der Waals surface area contributed by atoms with Crippen molar-refractivity contribution in [3.8, 4) is 0 Å². The van der Waals surface area contributed by atoms with E-state index in [9.17, 15) is 13.2 Å². The maximum atomic E-state index is 12.1. The molecule has 0 unspecified atom stereocenters. The molecule has 0 amide bonds. The smallest absolute Gasteiger partial charge is 0.339 e. The van der Waals surface area contributed by atoms with E-state index in [1.54, 1.807) is 24.3 Å². The first kappa shape index (κ1) is 18.3. The van der Waals surface area contributed by atoms with Gasteiger partial charge in [0.2, 0.25) is 0 Å². The molecule has 0 radical (unpaired) electrons. The Morgan fingerprint density at radius 3 is 2.42 bits per heavy atom. The van der Waals surface area contributed by atoms with Crippen molar-refractivity contribution in [2.24, 2.45) is 0 Å². The molecule has 2 aromatic carbocycles. The molecule has 0 fully saturated rings. The molecule has 2 rings (SSSR count). The number of sulfonamides is 1. The normalized spacial score (nSPS) is 11.5. The van der Waals surface area contributed by atoms with Gasteiger partial charge >= 0.3 is 5.97 Å². The number of hydrogen-bond donors (Lipinski definition) is 1. The predicted octanol–water partition coefficient (Wildman–Crippen LogP) is 4.19. The number of nitrogens with one attached hydrogen (secondary N) is 1. The van der Waals surface area contributed by atoms with Crippen LogP contribution in [0.1, 0.15) is 15.9 Å². The van der Waals surface area contributed by atoms with Crippen LogP contribution in [0, 0.1) is 0 Å². The van der Waals surface area contributed by atoms with Crippen molar-refractivity contribution in [3.63, 3.8) is 0 Å². The number of halogens is 2. The second kappa shape index (κ2) is 7.70. The third kappa shape index (κ3) is 4.99. The first-order valence-corrected chi connectivity index (χ1v) is 8.95. The zero-order chi connectivity index (χ0) is 17.7. The highest BCUT2D eigenvalue weighted by Gasteiger charge is 2.13. The summed E-state index contributed by atoms with van der Waals surface area (Å²) in [6, 6.07) is 10.9. The molecule has 0 spiro atoms. The van der Waals surface area contributed by atoms with Crippen LogP contribution in [0.4, 0.5) is 5.69 Å². The van der Waals surface area contributed by atoms with Gasteiger partial charge in [-0.1, -0.05) is 35.3 Å². The lowest BCUT2D eigenvalue weighted by Crippen LogP contribution is -2.10. The fourth-order valence-corrected chi connectivity index (χ4v) is 2.98. The highest BCUT2D eigenvalue weighted by atomic mass is 35.5. The SMILES string of the molecule is COC(=O)c1cc(NS(=O)(=O)/C=C\c2ccc(Cl)cc2)ccc1Cl. The van der Waals surface area contributed by atoms with Gasteiger partial charge in [0.1, 0.15) is 0 Å². The van der Waals surface area contributed by atoms with Gasteiger partial charge in [0, 0.05) is 10.7 Å². The summed E-state index contributed by atoms with van der Waals surface area (Å²) in [5.41, 5.74) is 0.942. The van der Waals surface area contributed by atoms with Gasteiger partial charge in [0.15, 0.2) is 0 Å². The zero-order valence-electron chi connectivity index (χ0n) is 12.5. The number of anilines is 1. The fraction of sp³-hybridized carbons (Fsp3) is 0.0625. The summed E-state index contributed by atoms with van der Waals surface area (Å²) in [4.78, 5) is 11.6. The third-order valence-corrected chi connectivity index (χ3v) is 4.54. The lowest BCUT2D eigenvalue weighted by molar-refractivity contribution is 0.0601. The molecule has 0 heterocycles. The molecule has 0 aliphatic heterocycles. The van der Waals surface area contributed by atoms with E-state index in [4.69, 9.17) is 23.2 Å². The van der Waals surface area contributed by atoms with E-state index in [1.807, 2.05) is 0 Å². The Morgan fingerprint density at radius 1 is 1.12 bits per heavy atom. The van der Waals surface area contributed by atoms with Crippen LogP contribution in [-0.4, -0.2) is 21.5 Å². The molecular formula is C16H13Cl2NO4S. The molecular weight excluding hydrogens is 373 g/mol. The minimum Gasteiger partial charge on any atom is -0.465 e. The van der Waals surface area contributed by atoms with Gasteiger partial charge < -0.3 is 4.74 Å². The number of ether oxygens (including phenoxy) is 1. The quantitative estimate of drug-likeness (QED) is 0.782. The van der Waals surface area contributed by atoms with Crippen molar-refractivity contribution in [2.45, 2.75) is 0 Å². The standard InChI is InChI=1S/C16H13Cl2NO4S/c1-23-16(20)14-10-13(6-7-15(14)18)19-24(21,22)9-8-11-2-4-12(17)5-3-11/h2-10,19H,1H3/b9-8-. The predicted molar refractivity (Wildman–Crippen MR) is 95.8 cm³/mol. The van der Waals surface area contributed by atoms with Gasteiger partial charge in [-0.2, -0.15) is 0 Å². The minimum absolute atomic E-state index is 0.0704. The van der Waals surface area contributed by atoms with Crippen LogP contribution < -0.4 is 4.72 Å². The highest BCUT2D eigenvalue weighted by molar-refractivity contribution is 7.95. The molecule has 8 heteroatoms. The lowest BCUT2D eigenvalue weighted by Gasteiger charge is -2.07. The molecule has 0 bridgehead atoms. The maximum Gasteiger partial charge on any atom is 0.339 e. The van der Waals surface area contributed by atoms with Gasteiger partial charge in [-0.15, -0.1) is 0 Å². The Bertz CT molecular complexity index is 877. The van der Waals surface area contributed by atoms with Gasteiger partial charge in [-0.3, -0.25) is 4.72 Å². The first-order chi connectivity index (χ1) is 11.3. The summed E-state index contributed by atoms with van der Waals surface area (Å²) in [7, 11) is -2.55. The van der Waals surface area contributed by atoms with Crippen molar-refractivity contribution in [1.29, 1.82) is 0 Å². The van der Waals surface area contributed by atoms with Crippen LogP contribution in [-0.2, 0) is 14.8 Å². The third-order valence-electron chi connectivity index (χ3n) is 2.94. The van der Waals surface area contributed by atoms with Crippen molar-refractivity contribution >= 4 is 51.0 Å². The highest BCUT2D eigenvalue weighted by Crippen LogP contribution is 2.22. The monoisotopic (exact) mass is 385 g/mol. The second-order valence-electron chi connectivity index (χ2n) is 4.69. The molecule has 24 heavy (non-hydrogen) atoms. The van der Waals surface area contributed by atoms with E-state index in [1.165, 1.54) is 31.4 Å². The number of hydrogen-bond acceptors (Lipinski definition) is 4. The topological polar surface area (TPSA) is 72.5 Å². The average molecular weight is 386 g/mol. The van der Waals surface area contributed by atoms with Crippen LogP contribution >= 0.6 is 23.2 Å². The molecule has 2 aromatic rings. The van der Waals surface area contributed by atoms with Crippen LogP contribution in [0.3, 0.4) is 0 Å². The van der Waals surface area contributed by atoms with E-state index < -0.39 is 16.0 Å². The fourth-order valence-electron chi connectivity index (χ4n) is 1.80. The summed E-state index contributed by atoms with van der Waals surface area (Å²) >= 11 is 11.7. The Kier molecular flexibility index (Phi) is 5.88. The van der Waals surface area contributed by atoms with Crippen LogP contribution in [0.5, 0.6) is 0 Å². The van der Waals surface area contributed by atoms with Gasteiger partial charge in [0.05, 0.1) is 23.1 Å². The van der Waals surface area contributed by atoms with Crippen LogP contribution in [0.2, 0.25) is 10.0 Å². The second-order valence-corrected chi connectivity index (χ2v) is 7.10.